The van der Waals surface area contributed by atoms with E-state index in [1.165, 1.54) is 0 Å². The molecule has 0 aliphatic carbocycles. The molecule has 1 N–H and O–H groups in total. The molecular weight excluding hydrogens is 230 g/mol. The molecule has 1 aromatic carbocycles. The van der Waals surface area contributed by atoms with E-state index in [-0.39, 0.29) is 5.97 Å². The molecule has 0 aliphatic heterocycles. The molecule has 0 aliphatic rings. The number of methoxy groups -OCH3 is 1. The molecule has 4 heteroatoms. The summed E-state index contributed by atoms with van der Waals surface area (Å²) in [6.07, 6.45) is 0. The van der Waals surface area contributed by atoms with Gasteiger partial charge in [-0.1, -0.05) is 6.07 Å². The van der Waals surface area contributed by atoms with Crippen LogP contribution in [0.3, 0.4) is 0 Å². The summed E-state index contributed by atoms with van der Waals surface area (Å²) in [6, 6.07) is 7.37. The molecule has 2 aromatic rings. The van der Waals surface area contributed by atoms with Gasteiger partial charge in [0.25, 0.3) is 0 Å². The fourth-order valence-electron chi connectivity index (χ4n) is 1.75. The first-order valence-corrected chi connectivity index (χ1v) is 5.80. The fourth-order valence-corrected chi connectivity index (χ4v) is 1.75. The Hall–Kier alpha value is -1.97. The van der Waals surface area contributed by atoms with Gasteiger partial charge in [-0.25, -0.2) is 4.79 Å². The van der Waals surface area contributed by atoms with Crippen LogP contribution in [-0.4, -0.2) is 23.7 Å². The predicted molar refractivity (Wildman–Crippen MR) is 70.0 cm³/mol. The summed E-state index contributed by atoms with van der Waals surface area (Å²) in [5.41, 5.74) is 0.790. The summed E-state index contributed by atoms with van der Waals surface area (Å²) in [7, 11) is 1.61. The van der Waals surface area contributed by atoms with E-state index in [1.54, 1.807) is 13.2 Å². The van der Waals surface area contributed by atoms with Gasteiger partial charge in [0.2, 0.25) is 0 Å². The van der Waals surface area contributed by atoms with Crippen LogP contribution >= 0.6 is 0 Å². The summed E-state index contributed by atoms with van der Waals surface area (Å²) in [4.78, 5) is 15.0. The maximum atomic E-state index is 11.9. The minimum Gasteiger partial charge on any atom is -0.496 e. The second kappa shape index (κ2) is 4.37. The van der Waals surface area contributed by atoms with Gasteiger partial charge in [-0.3, -0.25) is 0 Å². The molecular formula is C14H17NO3. The zero-order valence-corrected chi connectivity index (χ0v) is 11.0. The van der Waals surface area contributed by atoms with Gasteiger partial charge in [-0.2, -0.15) is 0 Å². The van der Waals surface area contributed by atoms with Crippen LogP contribution in [0.1, 0.15) is 31.3 Å². The van der Waals surface area contributed by atoms with Gasteiger partial charge < -0.3 is 14.5 Å². The number of ether oxygens (including phenoxy) is 2. The van der Waals surface area contributed by atoms with E-state index < -0.39 is 5.60 Å². The Morgan fingerprint density at radius 2 is 2.00 bits per heavy atom. The van der Waals surface area contributed by atoms with Gasteiger partial charge in [-0.15, -0.1) is 0 Å². The summed E-state index contributed by atoms with van der Waals surface area (Å²) in [5, 5.41) is 0.876. The first kappa shape index (κ1) is 12.5. The van der Waals surface area contributed by atoms with E-state index in [1.807, 2.05) is 39.0 Å². The van der Waals surface area contributed by atoms with E-state index >= 15 is 0 Å². The lowest BCUT2D eigenvalue weighted by Crippen LogP contribution is -2.24. The zero-order chi connectivity index (χ0) is 13.3. The Kier molecular flexibility index (Phi) is 3.03. The molecule has 0 spiro atoms. The topological polar surface area (TPSA) is 51.3 Å². The maximum absolute atomic E-state index is 11.9. The molecule has 0 saturated heterocycles. The minimum atomic E-state index is -0.502. The van der Waals surface area contributed by atoms with Gasteiger partial charge in [0.1, 0.15) is 17.0 Å². The number of aromatic amines is 1. The van der Waals surface area contributed by atoms with Crippen molar-refractivity contribution in [3.8, 4) is 5.75 Å². The number of fused-ring (bicyclic) bond motifs is 1. The van der Waals surface area contributed by atoms with Crippen LogP contribution in [0.4, 0.5) is 0 Å². The highest BCUT2D eigenvalue weighted by Gasteiger charge is 2.20. The van der Waals surface area contributed by atoms with Crippen molar-refractivity contribution in [1.82, 2.24) is 4.98 Å². The van der Waals surface area contributed by atoms with E-state index in [0.29, 0.717) is 5.69 Å². The normalized spacial score (nSPS) is 11.6. The summed E-state index contributed by atoms with van der Waals surface area (Å²) < 4.78 is 10.6. The number of H-pyrrole nitrogens is 1. The van der Waals surface area contributed by atoms with E-state index in [9.17, 15) is 4.79 Å². The van der Waals surface area contributed by atoms with Crippen molar-refractivity contribution in [1.29, 1.82) is 0 Å². The van der Waals surface area contributed by atoms with Crippen LogP contribution in [-0.2, 0) is 4.74 Å². The molecule has 4 nitrogen and oxygen atoms in total. The molecule has 0 unspecified atom stereocenters. The van der Waals surface area contributed by atoms with Crippen LogP contribution in [0, 0.1) is 0 Å². The van der Waals surface area contributed by atoms with E-state index in [2.05, 4.69) is 4.98 Å². The Balaban J connectivity index is 2.39. The van der Waals surface area contributed by atoms with Crippen molar-refractivity contribution in [3.63, 3.8) is 0 Å². The molecule has 0 radical (unpaired) electrons. The molecule has 0 fully saturated rings. The second-order valence-corrected chi connectivity index (χ2v) is 5.11. The Morgan fingerprint density at radius 3 is 2.61 bits per heavy atom. The minimum absolute atomic E-state index is 0.360. The number of hydrogen-bond donors (Lipinski definition) is 1. The van der Waals surface area contributed by atoms with Gasteiger partial charge >= 0.3 is 5.97 Å². The molecule has 1 heterocycles. The van der Waals surface area contributed by atoms with Gasteiger partial charge in [0, 0.05) is 10.9 Å². The quantitative estimate of drug-likeness (QED) is 0.829. The van der Waals surface area contributed by atoms with Crippen LogP contribution in [0.15, 0.2) is 24.3 Å². The van der Waals surface area contributed by atoms with E-state index in [4.69, 9.17) is 9.47 Å². The van der Waals surface area contributed by atoms with Crippen molar-refractivity contribution < 1.29 is 14.3 Å². The van der Waals surface area contributed by atoms with Gasteiger partial charge in [0.05, 0.1) is 7.11 Å². The number of carbonyl (C=O) groups is 1. The predicted octanol–water partition coefficient (Wildman–Crippen LogP) is 3.13. The summed E-state index contributed by atoms with van der Waals surface area (Å²) in [5.74, 6) is 0.374. The molecule has 1 aromatic heterocycles. The lowest BCUT2D eigenvalue weighted by molar-refractivity contribution is 0.00639. The third-order valence-corrected chi connectivity index (χ3v) is 2.46. The third-order valence-electron chi connectivity index (χ3n) is 2.46. The molecule has 0 atom stereocenters. The number of esters is 1. The monoisotopic (exact) mass is 247 g/mol. The lowest BCUT2D eigenvalue weighted by Gasteiger charge is -2.18. The zero-order valence-electron chi connectivity index (χ0n) is 11.0. The van der Waals surface area contributed by atoms with Crippen molar-refractivity contribution in [3.05, 3.63) is 30.0 Å². The Bertz CT molecular complexity index is 578. The summed E-state index contributed by atoms with van der Waals surface area (Å²) >= 11 is 0. The molecule has 0 bridgehead atoms. The number of nitrogens with one attached hydrogen (secondary N) is 1. The highest BCUT2D eigenvalue weighted by Crippen LogP contribution is 2.26. The lowest BCUT2D eigenvalue weighted by atomic mass is 10.2. The maximum Gasteiger partial charge on any atom is 0.355 e. The molecule has 0 saturated carbocycles. The molecule has 18 heavy (non-hydrogen) atoms. The largest absolute Gasteiger partial charge is 0.496 e. The van der Waals surface area contributed by atoms with Crippen LogP contribution in [0.5, 0.6) is 5.75 Å². The van der Waals surface area contributed by atoms with Crippen molar-refractivity contribution in [2.75, 3.05) is 7.11 Å². The molecule has 96 valence electrons. The number of aromatic nitrogens is 1. The SMILES string of the molecule is COc1cccc2[nH]c(C(=O)OC(C)(C)C)cc12. The highest BCUT2D eigenvalue weighted by molar-refractivity contribution is 5.97. The second-order valence-electron chi connectivity index (χ2n) is 5.11. The number of carbonyl (C=O) groups excluding carboxylic acids is 1. The van der Waals surface area contributed by atoms with Crippen LogP contribution in [0.25, 0.3) is 10.9 Å². The van der Waals surface area contributed by atoms with Crippen LogP contribution in [0.2, 0.25) is 0 Å². The van der Waals surface area contributed by atoms with Gasteiger partial charge in [0.15, 0.2) is 0 Å². The Morgan fingerprint density at radius 1 is 1.28 bits per heavy atom. The average molecular weight is 247 g/mol. The number of rotatable bonds is 2. The molecule has 0 amide bonds. The van der Waals surface area contributed by atoms with Crippen LogP contribution < -0.4 is 4.74 Å². The first-order chi connectivity index (χ1) is 8.40. The number of hydrogen-bond acceptors (Lipinski definition) is 3. The standard InChI is InChI=1S/C14H17NO3/c1-14(2,3)18-13(16)11-8-9-10(15-11)6-5-7-12(9)17-4/h5-8,15H,1-4H3. The van der Waals surface area contributed by atoms with Crippen molar-refractivity contribution in [2.45, 2.75) is 26.4 Å². The average Bonchev–Trinajstić information content (AvgIpc) is 2.70. The third kappa shape index (κ3) is 2.47. The highest BCUT2D eigenvalue weighted by atomic mass is 16.6. The number of benzene rings is 1. The summed E-state index contributed by atoms with van der Waals surface area (Å²) in [6.45, 7) is 5.52. The van der Waals surface area contributed by atoms with Gasteiger partial charge in [-0.05, 0) is 39.0 Å². The smallest absolute Gasteiger partial charge is 0.355 e. The Labute approximate surface area is 106 Å². The van der Waals surface area contributed by atoms with E-state index in [0.717, 1.165) is 16.7 Å². The molecule has 2 rings (SSSR count). The van der Waals surface area contributed by atoms with Crippen molar-refractivity contribution in [2.24, 2.45) is 0 Å². The first-order valence-electron chi connectivity index (χ1n) is 5.80. The van der Waals surface area contributed by atoms with Crippen molar-refractivity contribution >= 4 is 16.9 Å². The fraction of sp³-hybridized carbons (Fsp3) is 0.357.